The van der Waals surface area contributed by atoms with Crippen LogP contribution in [0.15, 0.2) is 39.8 Å². The topological polar surface area (TPSA) is 84.2 Å². The van der Waals surface area contributed by atoms with Gasteiger partial charge in [-0.25, -0.2) is 4.98 Å². The Hall–Kier alpha value is -1.86. The molecule has 2 N–H and O–H groups in total. The van der Waals surface area contributed by atoms with Gasteiger partial charge in [0.1, 0.15) is 11.6 Å². The van der Waals surface area contributed by atoms with Gasteiger partial charge in [-0.2, -0.15) is 8.42 Å². The van der Waals surface area contributed by atoms with E-state index in [1.807, 2.05) is 0 Å². The van der Waals surface area contributed by atoms with Crippen LogP contribution in [0.3, 0.4) is 0 Å². The van der Waals surface area contributed by atoms with E-state index in [0.717, 1.165) is 5.69 Å². The van der Waals surface area contributed by atoms with Gasteiger partial charge >= 0.3 is 0 Å². The summed E-state index contributed by atoms with van der Waals surface area (Å²) in [7, 11) is -3.74. The van der Waals surface area contributed by atoms with E-state index < -0.39 is 10.0 Å². The highest BCUT2D eigenvalue weighted by atomic mass is 32.2. The van der Waals surface area contributed by atoms with Crippen molar-refractivity contribution < 1.29 is 12.8 Å². The summed E-state index contributed by atoms with van der Waals surface area (Å²) in [6.45, 7) is 2.34. The lowest BCUT2D eigenvalue weighted by atomic mass is 10.4. The SMILES string of the molecule is Cc1cccc(NS(=O)(=O)c2ccc(CNC3CC3)o2)n1. The van der Waals surface area contributed by atoms with E-state index in [1.165, 1.54) is 18.9 Å². The highest BCUT2D eigenvalue weighted by molar-refractivity contribution is 7.92. The molecule has 1 aliphatic rings. The molecule has 1 fully saturated rings. The maximum absolute atomic E-state index is 12.2. The summed E-state index contributed by atoms with van der Waals surface area (Å²) in [5, 5.41) is 3.17. The minimum atomic E-state index is -3.74. The Labute approximate surface area is 123 Å². The first-order valence-electron chi connectivity index (χ1n) is 6.81. The van der Waals surface area contributed by atoms with Crippen molar-refractivity contribution in [3.05, 3.63) is 41.8 Å². The largest absolute Gasteiger partial charge is 0.446 e. The number of sulfonamides is 1. The number of hydrogen-bond acceptors (Lipinski definition) is 5. The normalized spacial score (nSPS) is 15.1. The third-order valence-corrected chi connectivity index (χ3v) is 4.40. The van der Waals surface area contributed by atoms with Crippen LogP contribution in [-0.2, 0) is 16.6 Å². The van der Waals surface area contributed by atoms with Crippen LogP contribution in [0.4, 0.5) is 5.82 Å². The predicted molar refractivity (Wildman–Crippen MR) is 78.4 cm³/mol. The van der Waals surface area contributed by atoms with E-state index in [1.54, 1.807) is 31.2 Å². The second kappa shape index (κ2) is 5.50. The zero-order valence-corrected chi connectivity index (χ0v) is 12.5. The zero-order valence-electron chi connectivity index (χ0n) is 11.7. The third-order valence-electron chi connectivity index (χ3n) is 3.17. The Morgan fingerprint density at radius 2 is 2.10 bits per heavy atom. The van der Waals surface area contributed by atoms with Gasteiger partial charge in [-0.15, -0.1) is 0 Å². The van der Waals surface area contributed by atoms with Crippen molar-refractivity contribution >= 4 is 15.8 Å². The number of furan rings is 1. The van der Waals surface area contributed by atoms with Crippen LogP contribution in [0.25, 0.3) is 0 Å². The van der Waals surface area contributed by atoms with Crippen molar-refractivity contribution in [2.24, 2.45) is 0 Å². The van der Waals surface area contributed by atoms with Crippen molar-refractivity contribution in [2.45, 2.75) is 37.4 Å². The van der Waals surface area contributed by atoms with Gasteiger partial charge in [-0.3, -0.25) is 4.72 Å². The van der Waals surface area contributed by atoms with E-state index in [4.69, 9.17) is 4.42 Å². The Morgan fingerprint density at radius 3 is 2.81 bits per heavy atom. The molecule has 0 aliphatic heterocycles. The smallest absolute Gasteiger partial charge is 0.296 e. The Kier molecular flexibility index (Phi) is 3.69. The minimum absolute atomic E-state index is 0.0987. The monoisotopic (exact) mass is 307 g/mol. The fourth-order valence-electron chi connectivity index (χ4n) is 1.92. The summed E-state index contributed by atoms with van der Waals surface area (Å²) in [5.41, 5.74) is 0.740. The number of pyridine rings is 1. The molecular formula is C14H17N3O3S. The number of anilines is 1. The number of aromatic nitrogens is 1. The lowest BCUT2D eigenvalue weighted by Crippen LogP contribution is -2.15. The summed E-state index contributed by atoms with van der Waals surface area (Å²) in [5.74, 6) is 0.892. The molecule has 0 amide bonds. The van der Waals surface area contributed by atoms with Gasteiger partial charge in [0.2, 0.25) is 5.09 Å². The Bertz CT molecular complexity index is 735. The molecule has 21 heavy (non-hydrogen) atoms. The molecule has 0 unspecified atom stereocenters. The van der Waals surface area contributed by atoms with Crippen LogP contribution in [0.5, 0.6) is 0 Å². The van der Waals surface area contributed by atoms with E-state index in [0.29, 0.717) is 18.3 Å². The van der Waals surface area contributed by atoms with Crippen LogP contribution >= 0.6 is 0 Å². The summed E-state index contributed by atoms with van der Waals surface area (Å²) >= 11 is 0. The second-order valence-electron chi connectivity index (χ2n) is 5.15. The second-order valence-corrected chi connectivity index (χ2v) is 6.76. The van der Waals surface area contributed by atoms with Gasteiger partial charge in [-0.1, -0.05) is 6.07 Å². The van der Waals surface area contributed by atoms with E-state index in [2.05, 4.69) is 15.0 Å². The van der Waals surface area contributed by atoms with Gasteiger partial charge in [0, 0.05) is 11.7 Å². The van der Waals surface area contributed by atoms with Gasteiger partial charge < -0.3 is 9.73 Å². The first-order valence-corrected chi connectivity index (χ1v) is 8.30. The van der Waals surface area contributed by atoms with Gasteiger partial charge in [0.25, 0.3) is 10.0 Å². The number of hydrogen-bond donors (Lipinski definition) is 2. The molecule has 0 spiro atoms. The molecule has 0 saturated heterocycles. The lowest BCUT2D eigenvalue weighted by molar-refractivity contribution is 0.403. The van der Waals surface area contributed by atoms with Crippen LogP contribution in [0.1, 0.15) is 24.3 Å². The minimum Gasteiger partial charge on any atom is -0.446 e. The maximum Gasteiger partial charge on any atom is 0.296 e. The van der Waals surface area contributed by atoms with Crippen molar-refractivity contribution in [3.8, 4) is 0 Å². The van der Waals surface area contributed by atoms with Gasteiger partial charge in [0.15, 0.2) is 0 Å². The number of nitrogens with one attached hydrogen (secondary N) is 2. The summed E-state index contributed by atoms with van der Waals surface area (Å²) in [4.78, 5) is 4.11. The molecular weight excluding hydrogens is 290 g/mol. The van der Waals surface area contributed by atoms with Crippen molar-refractivity contribution in [3.63, 3.8) is 0 Å². The molecule has 2 heterocycles. The van der Waals surface area contributed by atoms with Crippen LogP contribution in [0, 0.1) is 6.92 Å². The number of aryl methyl sites for hydroxylation is 1. The summed E-state index contributed by atoms with van der Waals surface area (Å²) < 4.78 is 32.2. The summed E-state index contributed by atoms with van der Waals surface area (Å²) in [6.07, 6.45) is 2.35. The highest BCUT2D eigenvalue weighted by Gasteiger charge is 2.22. The molecule has 1 saturated carbocycles. The molecule has 2 aromatic heterocycles. The zero-order chi connectivity index (χ0) is 14.9. The average molecular weight is 307 g/mol. The number of nitrogens with zero attached hydrogens (tertiary/aromatic N) is 1. The van der Waals surface area contributed by atoms with Crippen molar-refractivity contribution in [1.29, 1.82) is 0 Å². The van der Waals surface area contributed by atoms with E-state index >= 15 is 0 Å². The fourth-order valence-corrected chi connectivity index (χ4v) is 2.87. The van der Waals surface area contributed by atoms with E-state index in [9.17, 15) is 8.42 Å². The molecule has 3 rings (SSSR count). The molecule has 0 radical (unpaired) electrons. The first-order chi connectivity index (χ1) is 10.0. The van der Waals surface area contributed by atoms with E-state index in [-0.39, 0.29) is 10.9 Å². The number of rotatable bonds is 6. The van der Waals surface area contributed by atoms with Gasteiger partial charge in [0.05, 0.1) is 6.54 Å². The Balaban J connectivity index is 1.71. The van der Waals surface area contributed by atoms with Crippen molar-refractivity contribution in [2.75, 3.05) is 4.72 Å². The molecule has 0 aromatic carbocycles. The fraction of sp³-hybridized carbons (Fsp3) is 0.357. The lowest BCUT2D eigenvalue weighted by Gasteiger charge is -2.05. The average Bonchev–Trinajstić information content (AvgIpc) is 3.12. The van der Waals surface area contributed by atoms with Crippen LogP contribution in [-0.4, -0.2) is 19.4 Å². The third kappa shape index (κ3) is 3.62. The predicted octanol–water partition coefficient (Wildman–Crippen LogP) is 2.04. The van der Waals surface area contributed by atoms with Crippen molar-refractivity contribution in [1.82, 2.24) is 10.3 Å². The first kappa shape index (κ1) is 14.1. The van der Waals surface area contributed by atoms with Crippen LogP contribution in [0.2, 0.25) is 0 Å². The molecule has 112 valence electrons. The Morgan fingerprint density at radius 1 is 1.29 bits per heavy atom. The molecule has 7 heteroatoms. The molecule has 1 aliphatic carbocycles. The summed E-state index contributed by atoms with van der Waals surface area (Å²) in [6, 6.07) is 8.82. The standard InChI is InChI=1S/C14H17N3O3S/c1-10-3-2-4-13(16-10)17-21(18,19)14-8-7-12(20-14)9-15-11-5-6-11/h2-4,7-8,11,15H,5-6,9H2,1H3,(H,16,17). The maximum atomic E-state index is 12.2. The van der Waals surface area contributed by atoms with Crippen LogP contribution < -0.4 is 10.0 Å². The molecule has 6 nitrogen and oxygen atoms in total. The quantitative estimate of drug-likeness (QED) is 0.853. The molecule has 0 bridgehead atoms. The van der Waals surface area contributed by atoms with Gasteiger partial charge in [-0.05, 0) is 44.0 Å². The molecule has 0 atom stereocenters. The molecule has 2 aromatic rings. The highest BCUT2D eigenvalue weighted by Crippen LogP contribution is 2.21.